The van der Waals surface area contributed by atoms with Gasteiger partial charge in [0.05, 0.1) is 0 Å². The summed E-state index contributed by atoms with van der Waals surface area (Å²) in [5, 5.41) is 8.93. The Labute approximate surface area is 106 Å². The molecule has 0 aromatic heterocycles. The number of hydrogen-bond donors (Lipinski definition) is 1. The summed E-state index contributed by atoms with van der Waals surface area (Å²) in [6.45, 7) is 3.77. The molecule has 1 fully saturated rings. The van der Waals surface area contributed by atoms with Crippen LogP contribution in [0.3, 0.4) is 0 Å². The van der Waals surface area contributed by atoms with E-state index in [1.165, 1.54) is 4.90 Å². The Hall–Kier alpha value is -1.84. The highest BCUT2D eigenvalue weighted by Crippen LogP contribution is 2.52. The summed E-state index contributed by atoms with van der Waals surface area (Å²) >= 11 is 0. The lowest BCUT2D eigenvalue weighted by Crippen LogP contribution is -2.37. The van der Waals surface area contributed by atoms with E-state index in [2.05, 4.69) is 0 Å². The Balaban J connectivity index is 2.21. The van der Waals surface area contributed by atoms with Crippen LogP contribution < -0.4 is 4.90 Å². The van der Waals surface area contributed by atoms with E-state index in [0.29, 0.717) is 5.69 Å². The average Bonchev–Trinajstić information content (AvgIpc) is 2.95. The summed E-state index contributed by atoms with van der Waals surface area (Å²) in [6.07, 6.45) is 0.828. The first kappa shape index (κ1) is 12.6. The number of rotatable bonds is 4. The van der Waals surface area contributed by atoms with Crippen molar-refractivity contribution in [2.75, 3.05) is 11.4 Å². The van der Waals surface area contributed by atoms with E-state index in [4.69, 9.17) is 5.11 Å². The van der Waals surface area contributed by atoms with E-state index in [9.17, 15) is 9.59 Å². The molecular formula is C14H17NO3. The number of para-hydroxylation sites is 1. The van der Waals surface area contributed by atoms with Crippen LogP contribution in [0.4, 0.5) is 5.69 Å². The quantitative estimate of drug-likeness (QED) is 0.886. The molecule has 0 bridgehead atoms. The molecule has 0 spiro atoms. The van der Waals surface area contributed by atoms with Gasteiger partial charge in [0.1, 0.15) is 6.54 Å². The number of aliphatic carboxylic acids is 1. The maximum absolute atomic E-state index is 12.3. The maximum Gasteiger partial charge on any atom is 0.323 e. The van der Waals surface area contributed by atoms with Crippen LogP contribution in [0.25, 0.3) is 0 Å². The van der Waals surface area contributed by atoms with Gasteiger partial charge >= 0.3 is 5.97 Å². The lowest BCUT2D eigenvalue weighted by molar-refractivity contribution is -0.136. The summed E-state index contributed by atoms with van der Waals surface area (Å²) < 4.78 is 0. The standard InChI is InChI=1S/C14H17NO3/c1-14(2)8-11(14)13(18)15(9-12(16)17)10-6-4-3-5-7-10/h3-7,11H,8-9H2,1-2H3,(H,16,17). The predicted molar refractivity (Wildman–Crippen MR) is 68.3 cm³/mol. The molecule has 1 aliphatic carbocycles. The maximum atomic E-state index is 12.3. The molecule has 0 aliphatic heterocycles. The van der Waals surface area contributed by atoms with Crippen LogP contribution in [0.2, 0.25) is 0 Å². The summed E-state index contributed by atoms with van der Waals surface area (Å²) in [4.78, 5) is 24.6. The third-order valence-electron chi connectivity index (χ3n) is 3.44. The van der Waals surface area contributed by atoms with Crippen LogP contribution in [0.15, 0.2) is 30.3 Å². The first-order valence-corrected chi connectivity index (χ1v) is 6.00. The molecule has 18 heavy (non-hydrogen) atoms. The molecule has 0 radical (unpaired) electrons. The average molecular weight is 247 g/mol. The fraction of sp³-hybridized carbons (Fsp3) is 0.429. The Morgan fingerprint density at radius 1 is 1.33 bits per heavy atom. The second-order valence-electron chi connectivity index (χ2n) is 5.40. The van der Waals surface area contributed by atoms with Gasteiger partial charge in [-0.25, -0.2) is 0 Å². The second-order valence-corrected chi connectivity index (χ2v) is 5.40. The summed E-state index contributed by atoms with van der Waals surface area (Å²) in [5.41, 5.74) is 0.649. The third kappa shape index (κ3) is 2.53. The van der Waals surface area contributed by atoms with Crippen molar-refractivity contribution in [3.63, 3.8) is 0 Å². The number of benzene rings is 1. The fourth-order valence-electron chi connectivity index (χ4n) is 2.12. The van der Waals surface area contributed by atoms with Crippen LogP contribution in [0, 0.1) is 11.3 Å². The first-order valence-electron chi connectivity index (χ1n) is 6.00. The first-order chi connectivity index (χ1) is 8.42. The van der Waals surface area contributed by atoms with Crippen molar-refractivity contribution in [1.29, 1.82) is 0 Å². The molecule has 0 saturated heterocycles. The minimum Gasteiger partial charge on any atom is -0.480 e. The topological polar surface area (TPSA) is 57.6 Å². The van der Waals surface area contributed by atoms with E-state index in [0.717, 1.165) is 6.42 Å². The number of carbonyl (C=O) groups is 2. The number of nitrogens with zero attached hydrogens (tertiary/aromatic N) is 1. The zero-order valence-corrected chi connectivity index (χ0v) is 10.6. The molecule has 4 heteroatoms. The highest BCUT2D eigenvalue weighted by molar-refractivity contribution is 6.00. The fourth-order valence-corrected chi connectivity index (χ4v) is 2.12. The monoisotopic (exact) mass is 247 g/mol. The summed E-state index contributed by atoms with van der Waals surface area (Å²) in [6, 6.07) is 8.96. The van der Waals surface area contributed by atoms with Crippen molar-refractivity contribution < 1.29 is 14.7 Å². The predicted octanol–water partition coefficient (Wildman–Crippen LogP) is 2.15. The SMILES string of the molecule is CC1(C)CC1C(=O)N(CC(=O)O)c1ccccc1. The van der Waals surface area contributed by atoms with Crippen LogP contribution in [-0.4, -0.2) is 23.5 Å². The van der Waals surface area contributed by atoms with E-state index in [1.54, 1.807) is 24.3 Å². The van der Waals surface area contributed by atoms with Gasteiger partial charge in [0, 0.05) is 11.6 Å². The van der Waals surface area contributed by atoms with Gasteiger partial charge in [-0.05, 0) is 24.0 Å². The zero-order valence-electron chi connectivity index (χ0n) is 10.6. The van der Waals surface area contributed by atoms with Crippen LogP contribution in [0.1, 0.15) is 20.3 Å². The Bertz CT molecular complexity index is 467. The van der Waals surface area contributed by atoms with Crippen molar-refractivity contribution in [1.82, 2.24) is 0 Å². The van der Waals surface area contributed by atoms with Gasteiger partial charge in [-0.1, -0.05) is 32.0 Å². The highest BCUT2D eigenvalue weighted by Gasteiger charge is 2.52. The van der Waals surface area contributed by atoms with Gasteiger partial charge in [-0.3, -0.25) is 9.59 Å². The number of anilines is 1. The molecule has 1 aromatic carbocycles. The molecule has 1 N–H and O–H groups in total. The summed E-state index contributed by atoms with van der Waals surface area (Å²) in [7, 11) is 0. The minimum absolute atomic E-state index is 0.00260. The lowest BCUT2D eigenvalue weighted by Gasteiger charge is -2.21. The van der Waals surface area contributed by atoms with Gasteiger partial charge in [0.15, 0.2) is 0 Å². The second kappa shape index (κ2) is 4.44. The van der Waals surface area contributed by atoms with Crippen LogP contribution >= 0.6 is 0 Å². The molecule has 2 rings (SSSR count). The van der Waals surface area contributed by atoms with Crippen molar-refractivity contribution >= 4 is 17.6 Å². The van der Waals surface area contributed by atoms with Gasteiger partial charge in [-0.15, -0.1) is 0 Å². The van der Waals surface area contributed by atoms with Crippen molar-refractivity contribution in [3.05, 3.63) is 30.3 Å². The molecule has 4 nitrogen and oxygen atoms in total. The molecule has 96 valence electrons. The lowest BCUT2D eigenvalue weighted by atomic mass is 10.1. The van der Waals surface area contributed by atoms with Gasteiger partial charge in [0.2, 0.25) is 5.91 Å². The largest absolute Gasteiger partial charge is 0.480 e. The number of carboxylic acids is 1. The molecule has 1 unspecified atom stereocenters. The minimum atomic E-state index is -0.995. The summed E-state index contributed by atoms with van der Waals surface area (Å²) in [5.74, 6) is -1.14. The van der Waals surface area contributed by atoms with E-state index < -0.39 is 5.97 Å². The molecule has 1 saturated carbocycles. The van der Waals surface area contributed by atoms with Crippen LogP contribution in [0.5, 0.6) is 0 Å². The van der Waals surface area contributed by atoms with Gasteiger partial charge < -0.3 is 10.0 Å². The molecule has 0 heterocycles. The highest BCUT2D eigenvalue weighted by atomic mass is 16.4. The molecule has 1 atom stereocenters. The van der Waals surface area contributed by atoms with Crippen molar-refractivity contribution in [2.45, 2.75) is 20.3 Å². The van der Waals surface area contributed by atoms with E-state index in [-0.39, 0.29) is 23.8 Å². The molecule has 1 aromatic rings. The Kier molecular flexibility index (Phi) is 3.11. The molecule has 1 aliphatic rings. The van der Waals surface area contributed by atoms with E-state index >= 15 is 0 Å². The number of carboxylic acid groups (broad SMARTS) is 1. The van der Waals surface area contributed by atoms with Crippen LogP contribution in [-0.2, 0) is 9.59 Å². The zero-order chi connectivity index (χ0) is 13.3. The number of hydrogen-bond acceptors (Lipinski definition) is 2. The van der Waals surface area contributed by atoms with Crippen molar-refractivity contribution in [2.24, 2.45) is 11.3 Å². The third-order valence-corrected chi connectivity index (χ3v) is 3.44. The Morgan fingerprint density at radius 3 is 2.33 bits per heavy atom. The normalized spacial score (nSPS) is 20.2. The Morgan fingerprint density at radius 2 is 1.89 bits per heavy atom. The number of carbonyl (C=O) groups excluding carboxylic acids is 1. The molecule has 1 amide bonds. The smallest absolute Gasteiger partial charge is 0.323 e. The number of amides is 1. The van der Waals surface area contributed by atoms with E-state index in [1.807, 2.05) is 19.9 Å². The van der Waals surface area contributed by atoms with Gasteiger partial charge in [0.25, 0.3) is 0 Å². The van der Waals surface area contributed by atoms with Gasteiger partial charge in [-0.2, -0.15) is 0 Å². The van der Waals surface area contributed by atoms with Crippen molar-refractivity contribution in [3.8, 4) is 0 Å². The molecular weight excluding hydrogens is 230 g/mol.